The van der Waals surface area contributed by atoms with E-state index in [1.165, 1.54) is 6.07 Å². The van der Waals surface area contributed by atoms with E-state index in [4.69, 9.17) is 5.73 Å². The lowest BCUT2D eigenvalue weighted by Gasteiger charge is -2.26. The summed E-state index contributed by atoms with van der Waals surface area (Å²) in [5.41, 5.74) is 8.82. The molecule has 1 unspecified atom stereocenters. The van der Waals surface area contributed by atoms with Crippen LogP contribution >= 0.6 is 0 Å². The van der Waals surface area contributed by atoms with E-state index in [2.05, 4.69) is 0 Å². The lowest BCUT2D eigenvalue weighted by Crippen LogP contribution is -2.33. The van der Waals surface area contributed by atoms with Gasteiger partial charge in [-0.15, -0.1) is 0 Å². The van der Waals surface area contributed by atoms with Crippen LogP contribution in [-0.4, -0.2) is 17.4 Å². The average molecular weight is 404 g/mol. The van der Waals surface area contributed by atoms with Gasteiger partial charge in [-0.25, -0.2) is 8.78 Å². The minimum absolute atomic E-state index is 0.125. The lowest BCUT2D eigenvalue weighted by molar-refractivity contribution is -0.132. The standard InChI is InChI=1S/C25H22F2N2O/c26-20-11-12-22(27)21(14-20)19-13-24(18-9-5-2-6-10-18)29(16-19)25(30)15-23(28)17-7-3-1-4-8-17/h1-14,23-24H,15-16,28H2/t23?,24-/m0/s1. The van der Waals surface area contributed by atoms with Gasteiger partial charge in [0.15, 0.2) is 0 Å². The molecule has 2 atom stereocenters. The van der Waals surface area contributed by atoms with Crippen molar-refractivity contribution in [2.75, 3.05) is 6.54 Å². The van der Waals surface area contributed by atoms with Crippen molar-refractivity contribution in [2.24, 2.45) is 5.73 Å². The molecule has 5 heteroatoms. The second kappa shape index (κ2) is 8.59. The zero-order valence-electron chi connectivity index (χ0n) is 16.3. The second-order valence-corrected chi connectivity index (χ2v) is 7.41. The van der Waals surface area contributed by atoms with Crippen LogP contribution in [0.2, 0.25) is 0 Å². The van der Waals surface area contributed by atoms with Crippen molar-refractivity contribution in [3.63, 3.8) is 0 Å². The molecule has 3 nitrogen and oxygen atoms in total. The molecule has 1 amide bonds. The van der Waals surface area contributed by atoms with Crippen LogP contribution in [0.5, 0.6) is 0 Å². The summed E-state index contributed by atoms with van der Waals surface area (Å²) in [6.45, 7) is 0.195. The Hall–Kier alpha value is -3.31. The van der Waals surface area contributed by atoms with Gasteiger partial charge in [-0.3, -0.25) is 4.79 Å². The first-order valence-electron chi connectivity index (χ1n) is 9.84. The molecule has 0 bridgehead atoms. The van der Waals surface area contributed by atoms with Crippen LogP contribution < -0.4 is 5.73 Å². The van der Waals surface area contributed by atoms with Crippen molar-refractivity contribution >= 4 is 11.5 Å². The van der Waals surface area contributed by atoms with Gasteiger partial charge >= 0.3 is 0 Å². The minimum atomic E-state index is -0.514. The van der Waals surface area contributed by atoms with E-state index >= 15 is 0 Å². The summed E-state index contributed by atoms with van der Waals surface area (Å²) in [4.78, 5) is 14.9. The predicted octanol–water partition coefficient (Wildman–Crippen LogP) is 5.02. The molecule has 0 saturated heterocycles. The fraction of sp³-hybridized carbons (Fsp3) is 0.160. The molecule has 0 fully saturated rings. The number of halogens is 2. The third-order valence-corrected chi connectivity index (χ3v) is 5.39. The molecular formula is C25H22F2N2O. The molecule has 0 radical (unpaired) electrons. The summed E-state index contributed by atoms with van der Waals surface area (Å²) in [5.74, 6) is -1.16. The van der Waals surface area contributed by atoms with Crippen LogP contribution in [0.4, 0.5) is 8.78 Å². The van der Waals surface area contributed by atoms with Crippen molar-refractivity contribution in [2.45, 2.75) is 18.5 Å². The first-order chi connectivity index (χ1) is 14.5. The SMILES string of the molecule is NC(CC(=O)N1CC(c2cc(F)ccc2F)=C[C@H]1c1ccccc1)c1ccccc1. The highest BCUT2D eigenvalue weighted by Crippen LogP contribution is 2.36. The van der Waals surface area contributed by atoms with Crippen LogP contribution in [0.25, 0.3) is 5.57 Å². The summed E-state index contributed by atoms with van der Waals surface area (Å²) in [6, 6.07) is 21.5. The van der Waals surface area contributed by atoms with Gasteiger partial charge in [0, 0.05) is 24.6 Å². The summed E-state index contributed by atoms with van der Waals surface area (Å²) in [5, 5.41) is 0. The van der Waals surface area contributed by atoms with Crippen LogP contribution in [0.15, 0.2) is 84.9 Å². The van der Waals surface area contributed by atoms with Gasteiger partial charge in [0.25, 0.3) is 0 Å². The minimum Gasteiger partial charge on any atom is -0.328 e. The topological polar surface area (TPSA) is 46.3 Å². The normalized spacial score (nSPS) is 17.0. The third kappa shape index (κ3) is 4.16. The van der Waals surface area contributed by atoms with Crippen LogP contribution in [0.1, 0.15) is 35.2 Å². The Morgan fingerprint density at radius 1 is 1.00 bits per heavy atom. The van der Waals surface area contributed by atoms with Gasteiger partial charge in [0.05, 0.1) is 6.04 Å². The van der Waals surface area contributed by atoms with Crippen LogP contribution in [-0.2, 0) is 4.79 Å². The smallest absolute Gasteiger partial charge is 0.225 e. The molecule has 0 aliphatic carbocycles. The number of benzene rings is 3. The molecule has 3 aromatic carbocycles. The zero-order chi connectivity index (χ0) is 21.1. The van der Waals surface area contributed by atoms with Gasteiger partial charge in [0.1, 0.15) is 11.6 Å². The van der Waals surface area contributed by atoms with Crippen molar-refractivity contribution in [1.82, 2.24) is 4.90 Å². The molecule has 2 N–H and O–H groups in total. The second-order valence-electron chi connectivity index (χ2n) is 7.41. The Morgan fingerprint density at radius 3 is 2.37 bits per heavy atom. The Labute approximate surface area is 174 Å². The summed E-state index contributed by atoms with van der Waals surface area (Å²) >= 11 is 0. The van der Waals surface area contributed by atoms with Crippen LogP contribution in [0.3, 0.4) is 0 Å². The maximum Gasteiger partial charge on any atom is 0.225 e. The molecule has 1 heterocycles. The van der Waals surface area contributed by atoms with Crippen LogP contribution in [0, 0.1) is 11.6 Å². The van der Waals surface area contributed by atoms with Gasteiger partial charge in [-0.2, -0.15) is 0 Å². The maximum absolute atomic E-state index is 14.4. The van der Waals surface area contributed by atoms with E-state index in [-0.39, 0.29) is 30.5 Å². The Kier molecular flexibility index (Phi) is 5.72. The fourth-order valence-corrected chi connectivity index (χ4v) is 3.83. The van der Waals surface area contributed by atoms with E-state index in [0.29, 0.717) is 5.57 Å². The average Bonchev–Trinajstić information content (AvgIpc) is 3.22. The molecule has 30 heavy (non-hydrogen) atoms. The number of amides is 1. The van der Waals surface area contributed by atoms with E-state index in [0.717, 1.165) is 23.3 Å². The molecule has 152 valence electrons. The molecule has 0 saturated carbocycles. The highest BCUT2D eigenvalue weighted by Gasteiger charge is 2.32. The lowest BCUT2D eigenvalue weighted by atomic mass is 10.0. The van der Waals surface area contributed by atoms with Gasteiger partial charge < -0.3 is 10.6 Å². The van der Waals surface area contributed by atoms with E-state index in [9.17, 15) is 13.6 Å². The van der Waals surface area contributed by atoms with E-state index in [1.54, 1.807) is 4.90 Å². The number of nitrogens with two attached hydrogens (primary N) is 1. The summed E-state index contributed by atoms with van der Waals surface area (Å²) in [6.07, 6.45) is 1.96. The van der Waals surface area contributed by atoms with Crippen molar-refractivity contribution in [3.8, 4) is 0 Å². The summed E-state index contributed by atoms with van der Waals surface area (Å²) < 4.78 is 28.1. The Balaban J connectivity index is 1.63. The number of hydrogen-bond acceptors (Lipinski definition) is 2. The molecule has 0 spiro atoms. The molecule has 1 aliphatic heterocycles. The highest BCUT2D eigenvalue weighted by atomic mass is 19.1. The first-order valence-corrected chi connectivity index (χ1v) is 9.84. The van der Waals surface area contributed by atoms with Gasteiger partial charge in [0.2, 0.25) is 5.91 Å². The molecular weight excluding hydrogens is 382 g/mol. The molecule has 4 rings (SSSR count). The van der Waals surface area contributed by atoms with Gasteiger partial charge in [-0.1, -0.05) is 66.7 Å². The molecule has 1 aliphatic rings. The number of carbonyl (C=O) groups excluding carboxylic acids is 1. The molecule has 3 aromatic rings. The van der Waals surface area contributed by atoms with E-state index < -0.39 is 17.7 Å². The van der Waals surface area contributed by atoms with E-state index in [1.807, 2.05) is 66.7 Å². The number of hydrogen-bond donors (Lipinski definition) is 1. The van der Waals surface area contributed by atoms with Crippen molar-refractivity contribution in [1.29, 1.82) is 0 Å². The summed E-state index contributed by atoms with van der Waals surface area (Å²) in [7, 11) is 0. The maximum atomic E-state index is 14.4. The van der Waals surface area contributed by atoms with Crippen molar-refractivity contribution in [3.05, 3.63) is 113 Å². The number of nitrogens with zero attached hydrogens (tertiary/aromatic N) is 1. The highest BCUT2D eigenvalue weighted by molar-refractivity contribution is 5.83. The monoisotopic (exact) mass is 404 g/mol. The first kappa shape index (κ1) is 20.0. The quantitative estimate of drug-likeness (QED) is 0.649. The molecule has 0 aromatic heterocycles. The van der Waals surface area contributed by atoms with Crippen molar-refractivity contribution < 1.29 is 13.6 Å². The number of carbonyl (C=O) groups is 1. The number of rotatable bonds is 5. The fourth-order valence-electron chi connectivity index (χ4n) is 3.83. The largest absolute Gasteiger partial charge is 0.328 e. The predicted molar refractivity (Wildman–Crippen MR) is 113 cm³/mol. The third-order valence-electron chi connectivity index (χ3n) is 5.39. The van der Waals surface area contributed by atoms with Gasteiger partial charge in [-0.05, 0) is 34.9 Å². The Bertz CT molecular complexity index is 1070. The Morgan fingerprint density at radius 2 is 1.67 bits per heavy atom. The zero-order valence-corrected chi connectivity index (χ0v) is 16.3.